The van der Waals surface area contributed by atoms with Gasteiger partial charge in [0.1, 0.15) is 0 Å². The molecular weight excluding hydrogens is 318 g/mol. The van der Waals surface area contributed by atoms with E-state index in [1.807, 2.05) is 12.1 Å². The van der Waals surface area contributed by atoms with Crippen LogP contribution in [-0.2, 0) is 16.0 Å². The summed E-state index contributed by atoms with van der Waals surface area (Å²) in [6.07, 6.45) is 1.16. The molecule has 1 aromatic carbocycles. The number of hydrogen-bond donors (Lipinski definition) is 0. The van der Waals surface area contributed by atoms with Gasteiger partial charge < -0.3 is 13.9 Å². The van der Waals surface area contributed by atoms with Crippen LogP contribution >= 0.6 is 11.6 Å². The lowest BCUT2D eigenvalue weighted by atomic mass is 10.2. The number of nitrogens with zero attached hydrogens (tertiary/aromatic N) is 3. The van der Waals surface area contributed by atoms with E-state index in [0.29, 0.717) is 36.0 Å². The minimum absolute atomic E-state index is 0.216. The van der Waals surface area contributed by atoms with Crippen LogP contribution in [0.3, 0.4) is 0 Å². The fourth-order valence-corrected chi connectivity index (χ4v) is 2.99. The molecule has 6 nitrogen and oxygen atoms in total. The van der Waals surface area contributed by atoms with Crippen LogP contribution in [0.1, 0.15) is 12.3 Å². The van der Waals surface area contributed by atoms with Gasteiger partial charge >= 0.3 is 0 Å². The fourth-order valence-electron chi connectivity index (χ4n) is 2.87. The second-order valence-corrected chi connectivity index (χ2v) is 6.08. The summed E-state index contributed by atoms with van der Waals surface area (Å²) in [6.45, 7) is 2.09. The van der Waals surface area contributed by atoms with Crippen LogP contribution in [0.5, 0.6) is 0 Å². The summed E-state index contributed by atoms with van der Waals surface area (Å²) < 4.78 is 16.5. The topological polar surface area (TPSA) is 60.6 Å². The van der Waals surface area contributed by atoms with Gasteiger partial charge in [-0.15, -0.1) is 10.2 Å². The van der Waals surface area contributed by atoms with E-state index in [1.54, 1.807) is 26.4 Å². The average molecular weight is 338 g/mol. The van der Waals surface area contributed by atoms with Crippen molar-refractivity contribution in [3.8, 4) is 11.5 Å². The van der Waals surface area contributed by atoms with Crippen molar-refractivity contribution in [2.45, 2.75) is 25.1 Å². The van der Waals surface area contributed by atoms with E-state index < -0.39 is 0 Å². The molecule has 1 fully saturated rings. The molecule has 0 radical (unpaired) electrons. The van der Waals surface area contributed by atoms with Gasteiger partial charge in [-0.05, 0) is 30.7 Å². The molecule has 3 rings (SSSR count). The largest absolute Gasteiger partial charge is 0.419 e. The molecule has 1 saturated heterocycles. The normalized spacial score (nSPS) is 21.9. The van der Waals surface area contributed by atoms with E-state index in [1.165, 1.54) is 0 Å². The molecule has 0 bridgehead atoms. The van der Waals surface area contributed by atoms with Gasteiger partial charge in [0.15, 0.2) is 0 Å². The lowest BCUT2D eigenvalue weighted by Crippen LogP contribution is -2.32. The second kappa shape index (κ2) is 7.40. The van der Waals surface area contributed by atoms with Gasteiger partial charge in [-0.2, -0.15) is 0 Å². The van der Waals surface area contributed by atoms with Crippen LogP contribution in [0.25, 0.3) is 11.5 Å². The Morgan fingerprint density at radius 3 is 2.74 bits per heavy atom. The van der Waals surface area contributed by atoms with Gasteiger partial charge in [0.2, 0.25) is 11.8 Å². The molecule has 1 aliphatic rings. The van der Waals surface area contributed by atoms with E-state index in [2.05, 4.69) is 15.1 Å². The first-order valence-corrected chi connectivity index (χ1v) is 7.91. The summed E-state index contributed by atoms with van der Waals surface area (Å²) >= 11 is 5.89. The highest BCUT2D eigenvalue weighted by molar-refractivity contribution is 6.30. The van der Waals surface area contributed by atoms with E-state index in [4.69, 9.17) is 25.5 Å². The van der Waals surface area contributed by atoms with Crippen molar-refractivity contribution in [1.82, 2.24) is 15.1 Å². The zero-order valence-electron chi connectivity index (χ0n) is 13.2. The maximum absolute atomic E-state index is 5.89. The van der Waals surface area contributed by atoms with Crippen LogP contribution in [-0.4, -0.2) is 54.6 Å². The quantitative estimate of drug-likeness (QED) is 0.807. The molecule has 0 saturated carbocycles. The number of hydrogen-bond acceptors (Lipinski definition) is 6. The number of likely N-dealkylation sites (tertiary alicyclic amines) is 1. The van der Waals surface area contributed by atoms with Crippen molar-refractivity contribution >= 4 is 11.6 Å². The SMILES string of the molecule is COC[C@@H]1C[C@@H](OC)CN1Cc1nnc(-c2ccc(Cl)cc2)o1. The van der Waals surface area contributed by atoms with Gasteiger partial charge in [-0.25, -0.2) is 0 Å². The first-order valence-electron chi connectivity index (χ1n) is 7.53. The summed E-state index contributed by atoms with van der Waals surface area (Å²) in [5.41, 5.74) is 0.859. The average Bonchev–Trinajstić information content (AvgIpc) is 3.16. The zero-order valence-corrected chi connectivity index (χ0v) is 14.0. The third-order valence-electron chi connectivity index (χ3n) is 4.08. The lowest BCUT2D eigenvalue weighted by molar-refractivity contribution is 0.102. The Hall–Kier alpha value is -1.47. The standard InChI is InChI=1S/C16H20ClN3O3/c1-21-10-13-7-14(22-2)8-20(13)9-15-18-19-16(23-15)11-3-5-12(17)6-4-11/h3-6,13-14H,7-10H2,1-2H3/t13-,14+/m0/s1. The van der Waals surface area contributed by atoms with Crippen molar-refractivity contribution in [3.63, 3.8) is 0 Å². The highest BCUT2D eigenvalue weighted by atomic mass is 35.5. The number of methoxy groups -OCH3 is 2. The van der Waals surface area contributed by atoms with Crippen molar-refractivity contribution in [2.24, 2.45) is 0 Å². The van der Waals surface area contributed by atoms with E-state index in [0.717, 1.165) is 18.5 Å². The van der Waals surface area contributed by atoms with E-state index in [-0.39, 0.29) is 6.10 Å². The molecule has 0 aliphatic carbocycles. The van der Waals surface area contributed by atoms with Crippen molar-refractivity contribution in [2.75, 3.05) is 27.4 Å². The molecule has 1 aliphatic heterocycles. The molecule has 1 aromatic heterocycles. The molecule has 0 spiro atoms. The van der Waals surface area contributed by atoms with Crippen molar-refractivity contribution in [1.29, 1.82) is 0 Å². The molecule has 7 heteroatoms. The number of rotatable bonds is 6. The first-order chi connectivity index (χ1) is 11.2. The highest BCUT2D eigenvalue weighted by Gasteiger charge is 2.33. The number of benzene rings is 1. The highest BCUT2D eigenvalue weighted by Crippen LogP contribution is 2.24. The Balaban J connectivity index is 1.69. The minimum atomic E-state index is 0.216. The van der Waals surface area contributed by atoms with Gasteiger partial charge in [0, 0.05) is 37.4 Å². The van der Waals surface area contributed by atoms with Gasteiger partial charge in [0.05, 0.1) is 19.3 Å². The summed E-state index contributed by atoms with van der Waals surface area (Å²) in [4.78, 5) is 2.26. The zero-order chi connectivity index (χ0) is 16.2. The Morgan fingerprint density at radius 1 is 1.26 bits per heavy atom. The lowest BCUT2D eigenvalue weighted by Gasteiger charge is -2.21. The molecular formula is C16H20ClN3O3. The van der Waals surface area contributed by atoms with Crippen LogP contribution in [0, 0.1) is 0 Å². The van der Waals surface area contributed by atoms with Gasteiger partial charge in [0.25, 0.3) is 0 Å². The molecule has 23 heavy (non-hydrogen) atoms. The Labute approximate surface area is 140 Å². The Bertz CT molecular complexity index is 632. The predicted octanol–water partition coefficient (Wildman–Crippen LogP) is 2.63. The van der Waals surface area contributed by atoms with E-state index in [9.17, 15) is 0 Å². The number of ether oxygens (including phenoxy) is 2. The fraction of sp³-hybridized carbons (Fsp3) is 0.500. The second-order valence-electron chi connectivity index (χ2n) is 5.64. The third kappa shape index (κ3) is 3.90. The number of halogens is 1. The summed E-state index contributed by atoms with van der Waals surface area (Å²) in [5, 5.41) is 8.95. The van der Waals surface area contributed by atoms with Gasteiger partial charge in [-0.1, -0.05) is 11.6 Å². The summed E-state index contributed by atoms with van der Waals surface area (Å²) in [7, 11) is 3.45. The van der Waals surface area contributed by atoms with Crippen LogP contribution in [0.2, 0.25) is 5.02 Å². The van der Waals surface area contributed by atoms with E-state index >= 15 is 0 Å². The molecule has 0 N–H and O–H groups in total. The summed E-state index contributed by atoms with van der Waals surface area (Å²) in [6, 6.07) is 7.64. The molecule has 124 valence electrons. The van der Waals surface area contributed by atoms with Crippen LogP contribution < -0.4 is 0 Å². The monoisotopic (exact) mass is 337 g/mol. The maximum atomic E-state index is 5.89. The molecule has 2 aromatic rings. The maximum Gasteiger partial charge on any atom is 0.247 e. The molecule has 0 unspecified atom stereocenters. The van der Waals surface area contributed by atoms with Crippen molar-refractivity contribution in [3.05, 3.63) is 35.2 Å². The molecule has 2 heterocycles. The van der Waals surface area contributed by atoms with Crippen LogP contribution in [0.15, 0.2) is 28.7 Å². The van der Waals surface area contributed by atoms with Gasteiger partial charge in [-0.3, -0.25) is 4.90 Å². The minimum Gasteiger partial charge on any atom is -0.419 e. The predicted molar refractivity (Wildman–Crippen MR) is 86.2 cm³/mol. The smallest absolute Gasteiger partial charge is 0.247 e. The third-order valence-corrected chi connectivity index (χ3v) is 4.33. The first kappa shape index (κ1) is 16.4. The van der Waals surface area contributed by atoms with Crippen molar-refractivity contribution < 1.29 is 13.9 Å². The number of aromatic nitrogens is 2. The Kier molecular flexibility index (Phi) is 5.27. The Morgan fingerprint density at radius 2 is 2.04 bits per heavy atom. The molecule has 0 amide bonds. The molecule has 2 atom stereocenters. The summed E-state index contributed by atoms with van der Waals surface area (Å²) in [5.74, 6) is 1.09. The van der Waals surface area contributed by atoms with Crippen LogP contribution in [0.4, 0.5) is 0 Å².